The predicted octanol–water partition coefficient (Wildman–Crippen LogP) is 5.66. The molecule has 35 heavy (non-hydrogen) atoms. The van der Waals surface area contributed by atoms with Crippen molar-refractivity contribution in [2.75, 3.05) is 25.1 Å². The highest BCUT2D eigenvalue weighted by atomic mass is 32.2. The zero-order valence-corrected chi connectivity index (χ0v) is 22.0. The molecule has 0 saturated carbocycles. The molecule has 1 unspecified atom stereocenters. The summed E-state index contributed by atoms with van der Waals surface area (Å²) in [4.78, 5) is 17.1. The van der Waals surface area contributed by atoms with Gasteiger partial charge in [-0.05, 0) is 75.2 Å². The molecule has 0 fully saturated rings. The van der Waals surface area contributed by atoms with Gasteiger partial charge in [0, 0.05) is 23.5 Å². The Morgan fingerprint density at radius 3 is 2.71 bits per heavy atom. The first-order chi connectivity index (χ1) is 16.8. The number of methoxy groups -OCH3 is 1. The van der Waals surface area contributed by atoms with Gasteiger partial charge in [-0.2, -0.15) is 0 Å². The molecule has 0 amide bonds. The first-order valence-electron chi connectivity index (χ1n) is 11.5. The molecule has 0 aliphatic carbocycles. The lowest BCUT2D eigenvalue weighted by Crippen LogP contribution is -2.28. The van der Waals surface area contributed by atoms with Gasteiger partial charge in [-0.1, -0.05) is 18.2 Å². The van der Waals surface area contributed by atoms with E-state index in [1.54, 1.807) is 20.1 Å². The molecule has 0 radical (unpaired) electrons. The van der Waals surface area contributed by atoms with Gasteiger partial charge in [-0.15, -0.1) is 11.3 Å². The number of carboxylic acids is 1. The number of carboxylic acid groups (broad SMARTS) is 1. The minimum Gasteiger partial charge on any atom is -0.496 e. The molecule has 184 valence electrons. The lowest BCUT2D eigenvalue weighted by atomic mass is 10.1. The molecular weight excluding hydrogens is 480 g/mol. The largest absolute Gasteiger partial charge is 0.496 e. The van der Waals surface area contributed by atoms with Crippen molar-refractivity contribution in [2.24, 2.45) is 0 Å². The van der Waals surface area contributed by atoms with Crippen LogP contribution in [-0.2, 0) is 22.1 Å². The van der Waals surface area contributed by atoms with E-state index < -0.39 is 16.8 Å². The van der Waals surface area contributed by atoms with E-state index in [2.05, 4.69) is 36.2 Å². The van der Waals surface area contributed by atoms with Gasteiger partial charge in [-0.3, -0.25) is 0 Å². The Hall–Kier alpha value is -2.94. The second-order valence-electron chi connectivity index (χ2n) is 8.55. The smallest absolute Gasteiger partial charge is 0.331 e. The fraction of sp³-hybridized carbons (Fsp3) is 0.296. The highest BCUT2D eigenvalue weighted by Gasteiger charge is 2.29. The summed E-state index contributed by atoms with van der Waals surface area (Å²) < 4.78 is 18.7. The fourth-order valence-corrected chi connectivity index (χ4v) is 6.75. The summed E-state index contributed by atoms with van der Waals surface area (Å²) in [5.74, 6) is -0.161. The zero-order valence-electron chi connectivity index (χ0n) is 20.4. The van der Waals surface area contributed by atoms with Gasteiger partial charge in [0.2, 0.25) is 0 Å². The molecule has 8 heteroatoms. The summed E-state index contributed by atoms with van der Waals surface area (Å²) in [6.07, 6.45) is 2.56. The second kappa shape index (κ2) is 10.8. The van der Waals surface area contributed by atoms with Crippen LogP contribution in [-0.4, -0.2) is 35.5 Å². The average molecular weight is 511 g/mol. The van der Waals surface area contributed by atoms with Crippen LogP contribution < -0.4 is 15.0 Å². The van der Waals surface area contributed by atoms with Crippen LogP contribution in [0.25, 0.3) is 6.08 Å². The van der Waals surface area contributed by atoms with Crippen LogP contribution in [0.2, 0.25) is 0 Å². The maximum absolute atomic E-state index is 13.2. The van der Waals surface area contributed by atoms with Gasteiger partial charge in [-0.25, -0.2) is 9.00 Å². The highest BCUT2D eigenvalue weighted by molar-refractivity contribution is 7.85. The minimum absolute atomic E-state index is 0.293. The maximum atomic E-state index is 13.2. The number of hydrogen-bond acceptors (Lipinski definition) is 6. The topological polar surface area (TPSA) is 78.9 Å². The molecule has 0 saturated heterocycles. The molecule has 4 rings (SSSR count). The lowest BCUT2D eigenvalue weighted by molar-refractivity contribution is -0.132. The van der Waals surface area contributed by atoms with Crippen LogP contribution in [0.1, 0.15) is 34.2 Å². The van der Waals surface area contributed by atoms with Crippen LogP contribution in [0.5, 0.6) is 5.75 Å². The van der Waals surface area contributed by atoms with E-state index in [1.807, 2.05) is 30.3 Å². The monoisotopic (exact) mass is 510 g/mol. The van der Waals surface area contributed by atoms with E-state index in [9.17, 15) is 9.00 Å². The molecular formula is C27H30N2O4S2. The summed E-state index contributed by atoms with van der Waals surface area (Å²) in [5, 5.41) is 12.6. The van der Waals surface area contributed by atoms with Gasteiger partial charge < -0.3 is 20.1 Å². The van der Waals surface area contributed by atoms with Crippen LogP contribution in [0.15, 0.2) is 57.8 Å². The number of ether oxygens (including phenoxy) is 1. The van der Waals surface area contributed by atoms with Crippen LogP contribution in [0.4, 0.5) is 11.4 Å². The molecule has 3 aromatic rings. The first kappa shape index (κ1) is 25.2. The molecule has 1 aliphatic rings. The van der Waals surface area contributed by atoms with Gasteiger partial charge in [0.15, 0.2) is 0 Å². The number of anilines is 2. The Morgan fingerprint density at radius 2 is 1.97 bits per heavy atom. The quantitative estimate of drug-likeness (QED) is 0.286. The fourth-order valence-electron chi connectivity index (χ4n) is 4.21. The molecule has 2 aromatic carbocycles. The third-order valence-corrected chi connectivity index (χ3v) is 8.75. The number of fused-ring (bicyclic) bond motifs is 2. The SMILES string of the molecule is COc1cc(/C=C(\C)C(=O)O)sc1CNCCCN1c2ccccc2S(=O)c2ccc(C)c(C)c21. The Labute approximate surface area is 212 Å². The van der Waals surface area contributed by atoms with Crippen molar-refractivity contribution in [3.8, 4) is 5.75 Å². The number of carbonyl (C=O) groups is 1. The highest BCUT2D eigenvalue weighted by Crippen LogP contribution is 2.44. The number of thiophene rings is 1. The molecule has 0 bridgehead atoms. The third-order valence-electron chi connectivity index (χ3n) is 6.22. The molecule has 2 heterocycles. The van der Waals surface area contributed by atoms with E-state index in [0.29, 0.717) is 12.1 Å². The van der Waals surface area contributed by atoms with Crippen molar-refractivity contribution in [2.45, 2.75) is 43.5 Å². The maximum Gasteiger partial charge on any atom is 0.331 e. The van der Waals surface area contributed by atoms with Crippen molar-refractivity contribution in [3.63, 3.8) is 0 Å². The van der Waals surface area contributed by atoms with E-state index in [1.165, 1.54) is 22.5 Å². The number of aryl methyl sites for hydroxylation is 1. The average Bonchev–Trinajstić information content (AvgIpc) is 3.24. The van der Waals surface area contributed by atoms with Crippen molar-refractivity contribution < 1.29 is 18.8 Å². The first-order valence-corrected chi connectivity index (χ1v) is 13.5. The Bertz CT molecular complexity index is 1310. The Balaban J connectivity index is 1.45. The predicted molar refractivity (Wildman–Crippen MR) is 143 cm³/mol. The van der Waals surface area contributed by atoms with Crippen molar-refractivity contribution in [3.05, 3.63) is 68.9 Å². The summed E-state index contributed by atoms with van der Waals surface area (Å²) in [6, 6.07) is 13.9. The number of rotatable bonds is 9. The number of aliphatic carboxylic acids is 1. The van der Waals surface area contributed by atoms with Crippen molar-refractivity contribution >= 4 is 45.6 Å². The second-order valence-corrected chi connectivity index (χ2v) is 11.1. The number of para-hydroxylation sites is 1. The van der Waals surface area contributed by atoms with Gasteiger partial charge in [0.1, 0.15) is 5.75 Å². The summed E-state index contributed by atoms with van der Waals surface area (Å²) in [7, 11) is 0.444. The van der Waals surface area contributed by atoms with E-state index >= 15 is 0 Å². The van der Waals surface area contributed by atoms with Crippen LogP contribution >= 0.6 is 11.3 Å². The molecule has 1 aliphatic heterocycles. The zero-order chi connectivity index (χ0) is 25.1. The number of nitrogens with zero attached hydrogens (tertiary/aromatic N) is 1. The molecule has 1 atom stereocenters. The molecule has 1 aromatic heterocycles. The van der Waals surface area contributed by atoms with Gasteiger partial charge in [0.25, 0.3) is 0 Å². The molecule has 0 spiro atoms. The van der Waals surface area contributed by atoms with Gasteiger partial charge in [0.05, 0.1) is 44.0 Å². The van der Waals surface area contributed by atoms with E-state index in [-0.39, 0.29) is 0 Å². The number of nitrogens with one attached hydrogen (secondary N) is 1. The normalized spacial score (nSPS) is 15.0. The van der Waals surface area contributed by atoms with Gasteiger partial charge >= 0.3 is 5.97 Å². The van der Waals surface area contributed by atoms with E-state index in [0.717, 1.165) is 56.2 Å². The molecule has 6 nitrogen and oxygen atoms in total. The Kier molecular flexibility index (Phi) is 7.74. The van der Waals surface area contributed by atoms with E-state index in [4.69, 9.17) is 9.84 Å². The lowest BCUT2D eigenvalue weighted by Gasteiger charge is -2.34. The van der Waals surface area contributed by atoms with Crippen molar-refractivity contribution in [1.82, 2.24) is 5.32 Å². The standard InChI is InChI=1S/C27H30N2O4S2/c1-17-10-11-25-26(19(17)3)29(21-8-5-6-9-24(21)35(25)32)13-7-12-28-16-23-22(33-4)15-20(34-23)14-18(2)27(30)31/h5-6,8-11,14-15,28H,7,12-13,16H2,1-4H3,(H,30,31)/b18-14+. The van der Waals surface area contributed by atoms with Crippen molar-refractivity contribution in [1.29, 1.82) is 0 Å². The summed E-state index contributed by atoms with van der Waals surface area (Å²) in [5.41, 5.74) is 4.72. The Morgan fingerprint density at radius 1 is 1.20 bits per heavy atom. The molecule has 2 N–H and O–H groups in total. The van der Waals surface area contributed by atoms with Crippen LogP contribution in [0, 0.1) is 13.8 Å². The number of benzene rings is 2. The number of hydrogen-bond donors (Lipinski definition) is 2. The van der Waals surface area contributed by atoms with Crippen LogP contribution in [0.3, 0.4) is 0 Å². The third kappa shape index (κ3) is 5.19. The minimum atomic E-state index is -1.18. The summed E-state index contributed by atoms with van der Waals surface area (Å²) in [6.45, 7) is 8.01. The summed E-state index contributed by atoms with van der Waals surface area (Å²) >= 11 is 1.53.